The zero-order valence-corrected chi connectivity index (χ0v) is 13.4. The number of rotatable bonds is 5. The van der Waals surface area contributed by atoms with Crippen molar-refractivity contribution < 1.29 is 4.74 Å². The number of fused-ring (bicyclic) bond motifs is 1. The number of hydrogen-bond acceptors (Lipinski definition) is 5. The number of alkyl halides is 1. The Labute approximate surface area is 131 Å². The molecule has 3 aromatic heterocycles. The predicted molar refractivity (Wildman–Crippen MR) is 84.4 cm³/mol. The van der Waals surface area contributed by atoms with Gasteiger partial charge in [0.05, 0.1) is 13.2 Å². The minimum absolute atomic E-state index is 0.146. The van der Waals surface area contributed by atoms with Crippen molar-refractivity contribution in [2.75, 3.05) is 13.0 Å². The second-order valence-electron chi connectivity index (χ2n) is 4.58. The van der Waals surface area contributed by atoms with Gasteiger partial charge in [0.2, 0.25) is 5.88 Å². The van der Waals surface area contributed by atoms with Gasteiger partial charge in [0.15, 0.2) is 11.2 Å². The Morgan fingerprint density at radius 3 is 2.95 bits per heavy atom. The Kier molecular flexibility index (Phi) is 4.07. The van der Waals surface area contributed by atoms with E-state index in [4.69, 9.17) is 16.3 Å². The molecule has 1 atom stereocenters. The van der Waals surface area contributed by atoms with Gasteiger partial charge < -0.3 is 9.30 Å². The number of aromatic nitrogens is 4. The molecule has 0 amide bonds. The lowest BCUT2D eigenvalue weighted by Gasteiger charge is -2.15. The van der Waals surface area contributed by atoms with E-state index in [9.17, 15) is 0 Å². The van der Waals surface area contributed by atoms with Gasteiger partial charge in [-0.2, -0.15) is 4.98 Å². The Morgan fingerprint density at radius 1 is 1.43 bits per heavy atom. The monoisotopic (exact) mass is 322 g/mol. The van der Waals surface area contributed by atoms with E-state index >= 15 is 0 Å². The molecule has 0 spiro atoms. The first-order valence-corrected chi connectivity index (χ1v) is 8.02. The van der Waals surface area contributed by atoms with Gasteiger partial charge in [-0.25, -0.2) is 9.97 Å². The Balaban J connectivity index is 2.21. The second-order valence-corrected chi connectivity index (χ2v) is 5.94. The maximum Gasteiger partial charge on any atom is 0.245 e. The van der Waals surface area contributed by atoms with Crippen molar-refractivity contribution >= 4 is 34.1 Å². The topological polar surface area (TPSA) is 52.8 Å². The summed E-state index contributed by atoms with van der Waals surface area (Å²) in [4.78, 5) is 14.4. The fraction of sp³-hybridized carbons (Fsp3) is 0.357. The maximum atomic E-state index is 5.92. The van der Waals surface area contributed by atoms with Gasteiger partial charge in [-0.3, -0.25) is 0 Å². The molecule has 5 nitrogen and oxygen atoms in total. The molecule has 3 rings (SSSR count). The van der Waals surface area contributed by atoms with Crippen molar-refractivity contribution in [2.45, 2.75) is 19.4 Å². The van der Waals surface area contributed by atoms with E-state index in [0.29, 0.717) is 23.7 Å². The average Bonchev–Trinajstić information content (AvgIpc) is 3.14. The van der Waals surface area contributed by atoms with E-state index < -0.39 is 0 Å². The maximum absolute atomic E-state index is 5.92. The highest BCUT2D eigenvalue weighted by atomic mass is 35.5. The normalized spacial score (nSPS) is 12.7. The number of methoxy groups -OCH3 is 1. The van der Waals surface area contributed by atoms with Gasteiger partial charge in [-0.1, -0.05) is 6.07 Å². The molecule has 110 valence electrons. The van der Waals surface area contributed by atoms with E-state index in [2.05, 4.69) is 37.9 Å². The lowest BCUT2D eigenvalue weighted by atomic mass is 10.2. The molecule has 1 unspecified atom stereocenters. The number of hydrogen-bond donors (Lipinski definition) is 0. The third-order valence-electron chi connectivity index (χ3n) is 3.37. The molecule has 0 aliphatic heterocycles. The summed E-state index contributed by atoms with van der Waals surface area (Å²) in [6, 6.07) is 4.31. The fourth-order valence-corrected chi connectivity index (χ4v) is 3.35. The van der Waals surface area contributed by atoms with Gasteiger partial charge in [0, 0.05) is 17.2 Å². The molecule has 0 aliphatic carbocycles. The summed E-state index contributed by atoms with van der Waals surface area (Å²) in [5.74, 6) is 1.91. The summed E-state index contributed by atoms with van der Waals surface area (Å²) in [5, 5.41) is 2.07. The van der Waals surface area contributed by atoms with Crippen molar-refractivity contribution in [3.63, 3.8) is 0 Å². The van der Waals surface area contributed by atoms with Crippen LogP contribution in [0, 0.1) is 0 Å². The summed E-state index contributed by atoms with van der Waals surface area (Å²) in [7, 11) is 1.59. The van der Waals surface area contributed by atoms with E-state index in [1.54, 1.807) is 18.4 Å². The van der Waals surface area contributed by atoms with Crippen LogP contribution < -0.4 is 4.74 Å². The van der Waals surface area contributed by atoms with Crippen LogP contribution in [0.15, 0.2) is 23.8 Å². The van der Waals surface area contributed by atoms with Crippen molar-refractivity contribution in [2.24, 2.45) is 0 Å². The number of aryl methyl sites for hydroxylation is 1. The molecule has 0 saturated heterocycles. The number of halogens is 1. The summed E-state index contributed by atoms with van der Waals surface area (Å²) in [5.41, 5.74) is 1.46. The first kappa shape index (κ1) is 14.3. The quantitative estimate of drug-likeness (QED) is 0.676. The van der Waals surface area contributed by atoms with Gasteiger partial charge in [0.1, 0.15) is 12.2 Å². The molecule has 3 heterocycles. The average molecular weight is 323 g/mol. The van der Waals surface area contributed by atoms with Crippen LogP contribution in [0.5, 0.6) is 5.88 Å². The lowest BCUT2D eigenvalue weighted by Crippen LogP contribution is -2.11. The summed E-state index contributed by atoms with van der Waals surface area (Å²) < 4.78 is 7.41. The highest BCUT2D eigenvalue weighted by Crippen LogP contribution is 2.30. The summed E-state index contributed by atoms with van der Waals surface area (Å²) in [6.07, 6.45) is 2.18. The minimum Gasteiger partial charge on any atom is -0.479 e. The Bertz CT molecular complexity index is 741. The van der Waals surface area contributed by atoms with E-state index in [1.165, 1.54) is 11.2 Å². The standard InChI is InChI=1S/C14H15ClN4OS/c1-9(10-4-3-7-21-10)19-11(5-6-15)18-12-13(19)16-8-17-14(12)20-2/h3-4,7-9H,5-6H2,1-2H3. The zero-order valence-electron chi connectivity index (χ0n) is 11.8. The molecule has 21 heavy (non-hydrogen) atoms. The Hall–Kier alpha value is -1.66. The van der Waals surface area contributed by atoms with E-state index in [1.807, 2.05) is 6.07 Å². The molecule has 0 saturated carbocycles. The van der Waals surface area contributed by atoms with E-state index in [0.717, 1.165) is 11.5 Å². The minimum atomic E-state index is 0.146. The summed E-state index contributed by atoms with van der Waals surface area (Å²) in [6.45, 7) is 2.14. The number of ether oxygens (including phenoxy) is 1. The van der Waals surface area contributed by atoms with Crippen LogP contribution in [-0.2, 0) is 6.42 Å². The highest BCUT2D eigenvalue weighted by molar-refractivity contribution is 7.10. The van der Waals surface area contributed by atoms with Gasteiger partial charge in [-0.05, 0) is 18.4 Å². The van der Waals surface area contributed by atoms with E-state index in [-0.39, 0.29) is 6.04 Å². The third-order valence-corrected chi connectivity index (χ3v) is 4.60. The van der Waals surface area contributed by atoms with Crippen LogP contribution in [-0.4, -0.2) is 32.5 Å². The smallest absolute Gasteiger partial charge is 0.245 e. The van der Waals surface area contributed by atoms with Crippen molar-refractivity contribution in [3.8, 4) is 5.88 Å². The number of thiophene rings is 1. The molecule has 0 fully saturated rings. The Morgan fingerprint density at radius 2 is 2.29 bits per heavy atom. The SMILES string of the molecule is COc1ncnc2c1nc(CCCl)n2C(C)c1cccs1. The van der Waals surface area contributed by atoms with Gasteiger partial charge in [0.25, 0.3) is 0 Å². The van der Waals surface area contributed by atoms with Crippen LogP contribution in [0.25, 0.3) is 11.2 Å². The second kappa shape index (κ2) is 5.99. The molecule has 0 radical (unpaired) electrons. The predicted octanol–water partition coefficient (Wildman–Crippen LogP) is 3.29. The molecule has 3 aromatic rings. The van der Waals surface area contributed by atoms with Crippen LogP contribution >= 0.6 is 22.9 Å². The molecule has 0 bridgehead atoms. The first-order chi connectivity index (χ1) is 10.3. The van der Waals surface area contributed by atoms with Crippen molar-refractivity contribution in [1.29, 1.82) is 0 Å². The molecule has 0 aliphatic rings. The first-order valence-electron chi connectivity index (χ1n) is 6.61. The third kappa shape index (κ3) is 2.49. The van der Waals surface area contributed by atoms with Crippen molar-refractivity contribution in [3.05, 3.63) is 34.5 Å². The summed E-state index contributed by atoms with van der Waals surface area (Å²) >= 11 is 7.64. The number of nitrogens with zero attached hydrogens (tertiary/aromatic N) is 4. The fourth-order valence-electron chi connectivity index (χ4n) is 2.41. The van der Waals surface area contributed by atoms with Crippen molar-refractivity contribution in [1.82, 2.24) is 19.5 Å². The van der Waals surface area contributed by atoms with Crippen LogP contribution in [0.4, 0.5) is 0 Å². The lowest BCUT2D eigenvalue weighted by molar-refractivity contribution is 0.401. The molecular weight excluding hydrogens is 308 g/mol. The van der Waals surface area contributed by atoms with Crippen LogP contribution in [0.1, 0.15) is 23.7 Å². The van der Waals surface area contributed by atoms with Crippen LogP contribution in [0.2, 0.25) is 0 Å². The van der Waals surface area contributed by atoms with Gasteiger partial charge >= 0.3 is 0 Å². The van der Waals surface area contributed by atoms with Crippen LogP contribution in [0.3, 0.4) is 0 Å². The molecule has 0 N–H and O–H groups in total. The van der Waals surface area contributed by atoms with Gasteiger partial charge in [-0.15, -0.1) is 22.9 Å². The molecular formula is C14H15ClN4OS. The highest BCUT2D eigenvalue weighted by Gasteiger charge is 2.21. The largest absolute Gasteiger partial charge is 0.479 e. The molecule has 7 heteroatoms. The zero-order chi connectivity index (χ0) is 14.8. The molecule has 0 aromatic carbocycles. The number of imidazole rings is 1.